The van der Waals surface area contributed by atoms with Crippen LogP contribution in [0.2, 0.25) is 0 Å². The zero-order valence-electron chi connectivity index (χ0n) is 17.3. The highest BCUT2D eigenvalue weighted by Crippen LogP contribution is 2.12. The summed E-state index contributed by atoms with van der Waals surface area (Å²) in [5, 5.41) is 11.1. The van der Waals surface area contributed by atoms with Crippen LogP contribution in [-0.2, 0) is 15.9 Å². The molecular weight excluding hydrogens is 366 g/mol. The molecule has 2 heterocycles. The van der Waals surface area contributed by atoms with E-state index in [4.69, 9.17) is 9.47 Å². The summed E-state index contributed by atoms with van der Waals surface area (Å²) in [4.78, 5) is 4.64. The SMILES string of the molecule is CCNC(=NCCCOCC1CCOC1)NCCc1cnn(-c2ccccc2)c1. The van der Waals surface area contributed by atoms with E-state index in [1.165, 1.54) is 5.56 Å². The van der Waals surface area contributed by atoms with Crippen molar-refractivity contribution in [2.75, 3.05) is 46.1 Å². The van der Waals surface area contributed by atoms with Gasteiger partial charge in [-0.2, -0.15) is 5.10 Å². The lowest BCUT2D eigenvalue weighted by atomic mass is 10.1. The second kappa shape index (κ2) is 12.2. The number of guanidine groups is 1. The van der Waals surface area contributed by atoms with Gasteiger partial charge in [0.2, 0.25) is 0 Å². The third-order valence-corrected chi connectivity index (χ3v) is 4.80. The minimum absolute atomic E-state index is 0.573. The topological polar surface area (TPSA) is 72.7 Å². The molecule has 0 saturated carbocycles. The van der Waals surface area contributed by atoms with Gasteiger partial charge in [0.1, 0.15) is 0 Å². The molecule has 0 radical (unpaired) electrons. The van der Waals surface area contributed by atoms with E-state index in [1.54, 1.807) is 0 Å². The molecule has 3 rings (SSSR count). The van der Waals surface area contributed by atoms with Crippen LogP contribution in [-0.4, -0.2) is 61.8 Å². The Labute approximate surface area is 173 Å². The van der Waals surface area contributed by atoms with Gasteiger partial charge in [0, 0.05) is 45.0 Å². The van der Waals surface area contributed by atoms with Crippen LogP contribution >= 0.6 is 0 Å². The number of ether oxygens (including phenoxy) is 2. The largest absolute Gasteiger partial charge is 0.381 e. The molecule has 1 aliphatic heterocycles. The molecule has 0 amide bonds. The number of rotatable bonds is 11. The van der Waals surface area contributed by atoms with Crippen molar-refractivity contribution < 1.29 is 9.47 Å². The van der Waals surface area contributed by atoms with E-state index in [0.717, 1.165) is 77.0 Å². The number of para-hydroxylation sites is 1. The zero-order chi connectivity index (χ0) is 20.2. The predicted octanol–water partition coefficient (Wildman–Crippen LogP) is 2.41. The Hall–Kier alpha value is -2.38. The summed E-state index contributed by atoms with van der Waals surface area (Å²) in [5.41, 5.74) is 2.27. The zero-order valence-corrected chi connectivity index (χ0v) is 17.3. The summed E-state index contributed by atoms with van der Waals surface area (Å²) in [6.07, 6.45) is 6.94. The smallest absolute Gasteiger partial charge is 0.191 e. The average molecular weight is 400 g/mol. The Balaban J connectivity index is 1.34. The summed E-state index contributed by atoms with van der Waals surface area (Å²) < 4.78 is 13.0. The molecular formula is C22H33N5O2. The van der Waals surface area contributed by atoms with E-state index in [0.29, 0.717) is 5.92 Å². The van der Waals surface area contributed by atoms with Crippen molar-refractivity contribution in [3.8, 4) is 5.69 Å². The number of hydrogen-bond donors (Lipinski definition) is 2. The lowest BCUT2D eigenvalue weighted by Crippen LogP contribution is -2.38. The first-order valence-electron chi connectivity index (χ1n) is 10.6. The molecule has 1 atom stereocenters. The normalized spacial score (nSPS) is 16.9. The molecule has 2 N–H and O–H groups in total. The first-order chi connectivity index (χ1) is 14.3. The molecule has 0 spiro atoms. The van der Waals surface area contributed by atoms with E-state index in [2.05, 4.69) is 46.0 Å². The fourth-order valence-corrected chi connectivity index (χ4v) is 3.20. The van der Waals surface area contributed by atoms with Gasteiger partial charge in [0.05, 0.1) is 25.1 Å². The minimum atomic E-state index is 0.573. The summed E-state index contributed by atoms with van der Waals surface area (Å²) in [6, 6.07) is 10.2. The van der Waals surface area contributed by atoms with Crippen molar-refractivity contribution in [2.24, 2.45) is 10.9 Å². The van der Waals surface area contributed by atoms with Crippen LogP contribution in [0.5, 0.6) is 0 Å². The van der Waals surface area contributed by atoms with Gasteiger partial charge in [-0.25, -0.2) is 4.68 Å². The van der Waals surface area contributed by atoms with Crippen LogP contribution in [0.4, 0.5) is 0 Å². The molecule has 2 aromatic rings. The fraction of sp³-hybridized carbons (Fsp3) is 0.545. The number of benzene rings is 1. The molecule has 7 heteroatoms. The summed E-state index contributed by atoms with van der Waals surface area (Å²) in [5.74, 6) is 1.43. The summed E-state index contributed by atoms with van der Waals surface area (Å²) in [7, 11) is 0. The first kappa shape index (κ1) is 21.3. The van der Waals surface area contributed by atoms with Crippen molar-refractivity contribution in [2.45, 2.75) is 26.2 Å². The van der Waals surface area contributed by atoms with Crippen LogP contribution in [0.15, 0.2) is 47.7 Å². The number of hydrogen-bond acceptors (Lipinski definition) is 4. The number of nitrogens with zero attached hydrogens (tertiary/aromatic N) is 3. The van der Waals surface area contributed by atoms with Crippen molar-refractivity contribution in [1.29, 1.82) is 0 Å². The molecule has 1 aromatic carbocycles. The van der Waals surface area contributed by atoms with E-state index in [9.17, 15) is 0 Å². The van der Waals surface area contributed by atoms with E-state index in [1.807, 2.05) is 29.1 Å². The molecule has 0 aliphatic carbocycles. The van der Waals surface area contributed by atoms with Crippen molar-refractivity contribution >= 4 is 5.96 Å². The van der Waals surface area contributed by atoms with E-state index >= 15 is 0 Å². The van der Waals surface area contributed by atoms with Gasteiger partial charge in [0.15, 0.2) is 5.96 Å². The third-order valence-electron chi connectivity index (χ3n) is 4.80. The highest BCUT2D eigenvalue weighted by atomic mass is 16.5. The first-order valence-corrected chi connectivity index (χ1v) is 10.6. The number of aromatic nitrogens is 2. The molecule has 1 aromatic heterocycles. The molecule has 1 aliphatic rings. The Morgan fingerprint density at radius 3 is 3.00 bits per heavy atom. The lowest BCUT2D eigenvalue weighted by Gasteiger charge is -2.11. The molecule has 29 heavy (non-hydrogen) atoms. The third kappa shape index (κ3) is 7.51. The maximum absolute atomic E-state index is 5.74. The lowest BCUT2D eigenvalue weighted by molar-refractivity contribution is 0.0893. The van der Waals surface area contributed by atoms with Crippen LogP contribution in [0, 0.1) is 5.92 Å². The number of aliphatic imine (C=N–C) groups is 1. The van der Waals surface area contributed by atoms with Gasteiger partial charge in [0.25, 0.3) is 0 Å². The van der Waals surface area contributed by atoms with Crippen molar-refractivity contribution in [3.05, 3.63) is 48.3 Å². The minimum Gasteiger partial charge on any atom is -0.381 e. The van der Waals surface area contributed by atoms with Gasteiger partial charge >= 0.3 is 0 Å². The molecule has 1 unspecified atom stereocenters. The van der Waals surface area contributed by atoms with Gasteiger partial charge in [-0.3, -0.25) is 4.99 Å². The van der Waals surface area contributed by atoms with Crippen LogP contribution < -0.4 is 10.6 Å². The monoisotopic (exact) mass is 399 g/mol. The summed E-state index contributed by atoms with van der Waals surface area (Å²) >= 11 is 0. The Bertz CT molecular complexity index is 726. The molecule has 7 nitrogen and oxygen atoms in total. The highest BCUT2D eigenvalue weighted by Gasteiger charge is 2.15. The van der Waals surface area contributed by atoms with Crippen molar-refractivity contribution in [1.82, 2.24) is 20.4 Å². The van der Waals surface area contributed by atoms with Crippen LogP contribution in [0.1, 0.15) is 25.3 Å². The molecule has 158 valence electrons. The van der Waals surface area contributed by atoms with Crippen LogP contribution in [0.25, 0.3) is 5.69 Å². The Morgan fingerprint density at radius 1 is 1.31 bits per heavy atom. The highest BCUT2D eigenvalue weighted by molar-refractivity contribution is 5.79. The van der Waals surface area contributed by atoms with Gasteiger partial charge in [-0.1, -0.05) is 18.2 Å². The van der Waals surface area contributed by atoms with Crippen LogP contribution in [0.3, 0.4) is 0 Å². The fourth-order valence-electron chi connectivity index (χ4n) is 3.20. The van der Waals surface area contributed by atoms with E-state index in [-0.39, 0.29) is 0 Å². The second-order valence-electron chi connectivity index (χ2n) is 7.22. The van der Waals surface area contributed by atoms with E-state index < -0.39 is 0 Å². The van der Waals surface area contributed by atoms with Gasteiger partial charge in [-0.05, 0) is 43.9 Å². The quantitative estimate of drug-likeness (QED) is 0.345. The van der Waals surface area contributed by atoms with Gasteiger partial charge < -0.3 is 20.1 Å². The molecule has 1 fully saturated rings. The maximum atomic E-state index is 5.74. The second-order valence-corrected chi connectivity index (χ2v) is 7.22. The molecule has 1 saturated heterocycles. The summed E-state index contributed by atoms with van der Waals surface area (Å²) in [6.45, 7) is 7.76. The average Bonchev–Trinajstić information content (AvgIpc) is 3.43. The Kier molecular flexibility index (Phi) is 9.00. The maximum Gasteiger partial charge on any atom is 0.191 e. The number of nitrogens with one attached hydrogen (secondary N) is 2. The molecule has 0 bridgehead atoms. The Morgan fingerprint density at radius 2 is 2.21 bits per heavy atom. The van der Waals surface area contributed by atoms with Gasteiger partial charge in [-0.15, -0.1) is 0 Å². The standard InChI is InChI=1S/C22H33N5O2/c1-2-23-22(24-11-6-13-28-17-20-10-14-29-18-20)25-12-9-19-15-26-27(16-19)21-7-4-3-5-8-21/h3-5,7-8,15-16,20H,2,6,9-14,17-18H2,1H3,(H2,23,24,25). The van der Waals surface area contributed by atoms with Crippen molar-refractivity contribution in [3.63, 3.8) is 0 Å². The predicted molar refractivity (Wildman–Crippen MR) is 116 cm³/mol.